The highest BCUT2D eigenvalue weighted by Crippen LogP contribution is 2.19. The van der Waals surface area contributed by atoms with Gasteiger partial charge >= 0.3 is 0 Å². The van der Waals surface area contributed by atoms with Gasteiger partial charge in [0.05, 0.1) is 0 Å². The van der Waals surface area contributed by atoms with E-state index in [1.807, 2.05) is 33.9 Å². The first-order valence-electron chi connectivity index (χ1n) is 6.60. The summed E-state index contributed by atoms with van der Waals surface area (Å²) in [4.78, 5) is 10.9. The lowest BCUT2D eigenvalue weighted by atomic mass is 10.1. The number of nitrogens with zero attached hydrogens (tertiary/aromatic N) is 3. The standard InChI is InChI=1S/C14H27N5/c1-10-16-11(18-13(2,3)4)8-12(17-10)19(7)9-14(5,6)15/h8H,9,15H2,1-7H3,(H,16,17,18). The monoisotopic (exact) mass is 265 g/mol. The quantitative estimate of drug-likeness (QED) is 0.873. The Morgan fingerprint density at radius 2 is 1.79 bits per heavy atom. The number of rotatable bonds is 4. The lowest BCUT2D eigenvalue weighted by Crippen LogP contribution is -2.44. The second-order valence-electron chi connectivity index (χ2n) is 6.88. The molecular weight excluding hydrogens is 238 g/mol. The molecule has 0 amide bonds. The fourth-order valence-corrected chi connectivity index (χ4v) is 1.89. The first-order chi connectivity index (χ1) is 8.46. The van der Waals surface area contributed by atoms with Crippen LogP contribution in [0.1, 0.15) is 40.4 Å². The summed E-state index contributed by atoms with van der Waals surface area (Å²) in [5.41, 5.74) is 5.77. The largest absolute Gasteiger partial charge is 0.365 e. The van der Waals surface area contributed by atoms with Crippen LogP contribution in [0.5, 0.6) is 0 Å². The number of likely N-dealkylation sites (N-methyl/N-ethyl adjacent to an activating group) is 1. The highest BCUT2D eigenvalue weighted by atomic mass is 15.2. The molecule has 0 aliphatic rings. The average molecular weight is 265 g/mol. The van der Waals surface area contributed by atoms with Crippen molar-refractivity contribution in [2.24, 2.45) is 5.73 Å². The maximum atomic E-state index is 6.05. The third-order valence-corrected chi connectivity index (χ3v) is 2.36. The summed E-state index contributed by atoms with van der Waals surface area (Å²) in [6, 6.07) is 1.96. The first kappa shape index (κ1) is 15.7. The van der Waals surface area contributed by atoms with Crippen molar-refractivity contribution in [1.82, 2.24) is 9.97 Å². The fourth-order valence-electron chi connectivity index (χ4n) is 1.89. The molecule has 5 nitrogen and oxygen atoms in total. The van der Waals surface area contributed by atoms with Crippen LogP contribution in [-0.2, 0) is 0 Å². The second-order valence-corrected chi connectivity index (χ2v) is 6.88. The molecule has 1 heterocycles. The van der Waals surface area contributed by atoms with Crippen molar-refractivity contribution in [3.05, 3.63) is 11.9 Å². The molecule has 0 saturated heterocycles. The molecule has 3 N–H and O–H groups in total. The van der Waals surface area contributed by atoms with E-state index in [4.69, 9.17) is 5.73 Å². The predicted molar refractivity (Wildman–Crippen MR) is 81.7 cm³/mol. The van der Waals surface area contributed by atoms with Crippen LogP contribution in [-0.4, -0.2) is 34.6 Å². The maximum Gasteiger partial charge on any atom is 0.134 e. The van der Waals surface area contributed by atoms with Gasteiger partial charge in [0.1, 0.15) is 17.5 Å². The van der Waals surface area contributed by atoms with Gasteiger partial charge in [-0.15, -0.1) is 0 Å². The fraction of sp³-hybridized carbons (Fsp3) is 0.714. The number of nitrogens with one attached hydrogen (secondary N) is 1. The van der Waals surface area contributed by atoms with Gasteiger partial charge in [0.15, 0.2) is 0 Å². The van der Waals surface area contributed by atoms with Crippen molar-refractivity contribution in [2.45, 2.75) is 52.6 Å². The van der Waals surface area contributed by atoms with E-state index in [2.05, 4.69) is 41.0 Å². The molecule has 1 aromatic rings. The molecule has 0 unspecified atom stereocenters. The van der Waals surface area contributed by atoms with Crippen molar-refractivity contribution in [2.75, 3.05) is 23.8 Å². The zero-order chi connectivity index (χ0) is 14.8. The van der Waals surface area contributed by atoms with E-state index in [0.717, 1.165) is 24.0 Å². The third kappa shape index (κ3) is 5.87. The van der Waals surface area contributed by atoms with Crippen LogP contribution in [0.2, 0.25) is 0 Å². The van der Waals surface area contributed by atoms with E-state index < -0.39 is 0 Å². The molecule has 1 rings (SSSR count). The van der Waals surface area contributed by atoms with Crippen molar-refractivity contribution in [3.8, 4) is 0 Å². The van der Waals surface area contributed by atoms with Crippen LogP contribution >= 0.6 is 0 Å². The molecule has 19 heavy (non-hydrogen) atoms. The predicted octanol–water partition coefficient (Wildman–Crippen LogP) is 2.17. The van der Waals surface area contributed by atoms with E-state index in [1.165, 1.54) is 0 Å². The van der Waals surface area contributed by atoms with Gasteiger partial charge < -0.3 is 16.0 Å². The van der Waals surface area contributed by atoms with Gasteiger partial charge in [-0.1, -0.05) is 0 Å². The highest BCUT2D eigenvalue weighted by Gasteiger charge is 2.17. The Morgan fingerprint density at radius 3 is 2.26 bits per heavy atom. The van der Waals surface area contributed by atoms with Crippen LogP contribution in [0.3, 0.4) is 0 Å². The normalized spacial score (nSPS) is 12.4. The summed E-state index contributed by atoms with van der Waals surface area (Å²) in [5, 5.41) is 3.37. The van der Waals surface area contributed by atoms with Gasteiger partial charge in [0.25, 0.3) is 0 Å². The number of nitrogens with two attached hydrogens (primary N) is 1. The lowest BCUT2D eigenvalue weighted by molar-refractivity contribution is 0.517. The molecule has 0 radical (unpaired) electrons. The molecule has 0 aliphatic carbocycles. The molecule has 0 bridgehead atoms. The number of hydrogen-bond acceptors (Lipinski definition) is 5. The van der Waals surface area contributed by atoms with Gasteiger partial charge in [0, 0.05) is 30.7 Å². The Morgan fingerprint density at radius 1 is 1.21 bits per heavy atom. The Bertz CT molecular complexity index is 428. The Labute approximate surface area is 116 Å². The van der Waals surface area contributed by atoms with E-state index in [-0.39, 0.29) is 11.1 Å². The molecule has 0 fully saturated rings. The summed E-state index contributed by atoms with van der Waals surface area (Å²) in [6.45, 7) is 13.0. The number of aromatic nitrogens is 2. The Hall–Kier alpha value is -1.36. The van der Waals surface area contributed by atoms with Crippen molar-refractivity contribution in [3.63, 3.8) is 0 Å². The van der Waals surface area contributed by atoms with Crippen LogP contribution in [0, 0.1) is 6.92 Å². The van der Waals surface area contributed by atoms with Gasteiger partial charge in [0.2, 0.25) is 0 Å². The molecule has 0 aliphatic heterocycles. The summed E-state index contributed by atoms with van der Waals surface area (Å²) in [6.07, 6.45) is 0. The van der Waals surface area contributed by atoms with Crippen molar-refractivity contribution < 1.29 is 0 Å². The molecule has 5 heteroatoms. The van der Waals surface area contributed by atoms with Crippen molar-refractivity contribution >= 4 is 11.6 Å². The van der Waals surface area contributed by atoms with Crippen LogP contribution in [0.4, 0.5) is 11.6 Å². The van der Waals surface area contributed by atoms with Crippen molar-refractivity contribution in [1.29, 1.82) is 0 Å². The highest BCUT2D eigenvalue weighted by molar-refractivity contribution is 5.50. The zero-order valence-electron chi connectivity index (χ0n) is 13.2. The minimum atomic E-state index is -0.259. The maximum absolute atomic E-state index is 6.05. The van der Waals surface area contributed by atoms with Gasteiger partial charge in [-0.25, -0.2) is 9.97 Å². The SMILES string of the molecule is Cc1nc(NC(C)(C)C)cc(N(C)CC(C)(C)N)n1. The second kappa shape index (κ2) is 5.33. The number of hydrogen-bond donors (Lipinski definition) is 2. The average Bonchev–Trinajstić information content (AvgIpc) is 2.10. The van der Waals surface area contributed by atoms with E-state index >= 15 is 0 Å². The van der Waals surface area contributed by atoms with Crippen LogP contribution < -0.4 is 16.0 Å². The third-order valence-electron chi connectivity index (χ3n) is 2.36. The van der Waals surface area contributed by atoms with Gasteiger partial charge in [-0.2, -0.15) is 0 Å². The van der Waals surface area contributed by atoms with Crippen LogP contribution in [0.25, 0.3) is 0 Å². The minimum absolute atomic E-state index is 0.0240. The Kier molecular flexibility index (Phi) is 4.40. The zero-order valence-corrected chi connectivity index (χ0v) is 13.2. The summed E-state index contributed by atoms with van der Waals surface area (Å²) >= 11 is 0. The van der Waals surface area contributed by atoms with E-state index in [0.29, 0.717) is 0 Å². The summed E-state index contributed by atoms with van der Waals surface area (Å²) in [7, 11) is 2.00. The first-order valence-corrected chi connectivity index (χ1v) is 6.60. The number of anilines is 2. The lowest BCUT2D eigenvalue weighted by Gasteiger charge is -2.28. The molecular formula is C14H27N5. The van der Waals surface area contributed by atoms with Crippen LogP contribution in [0.15, 0.2) is 6.07 Å². The molecule has 0 spiro atoms. The molecule has 0 aromatic carbocycles. The van der Waals surface area contributed by atoms with Gasteiger partial charge in [-0.3, -0.25) is 0 Å². The molecule has 1 aromatic heterocycles. The number of aryl methyl sites for hydroxylation is 1. The topological polar surface area (TPSA) is 67.1 Å². The minimum Gasteiger partial charge on any atom is -0.365 e. The van der Waals surface area contributed by atoms with Gasteiger partial charge in [-0.05, 0) is 41.5 Å². The Balaban J connectivity index is 2.96. The molecule has 0 saturated carbocycles. The van der Waals surface area contributed by atoms with E-state index in [1.54, 1.807) is 0 Å². The molecule has 0 atom stereocenters. The smallest absolute Gasteiger partial charge is 0.134 e. The summed E-state index contributed by atoms with van der Waals surface area (Å²) in [5.74, 6) is 2.49. The summed E-state index contributed by atoms with van der Waals surface area (Å²) < 4.78 is 0. The molecule has 108 valence electrons. The van der Waals surface area contributed by atoms with E-state index in [9.17, 15) is 0 Å².